The van der Waals surface area contributed by atoms with Crippen molar-refractivity contribution in [2.24, 2.45) is 0 Å². The van der Waals surface area contributed by atoms with E-state index in [9.17, 15) is 8.42 Å². The van der Waals surface area contributed by atoms with Gasteiger partial charge in [-0.25, -0.2) is 8.42 Å². The summed E-state index contributed by atoms with van der Waals surface area (Å²) >= 11 is 5.94. The van der Waals surface area contributed by atoms with Crippen LogP contribution in [0.2, 0.25) is 5.02 Å². The molecule has 0 fully saturated rings. The summed E-state index contributed by atoms with van der Waals surface area (Å²) < 4.78 is 28.8. The van der Waals surface area contributed by atoms with Crippen molar-refractivity contribution in [3.8, 4) is 17.6 Å². The number of halogens is 2. The number of hydrogen-bond donors (Lipinski definition) is 0. The van der Waals surface area contributed by atoms with E-state index in [-0.39, 0.29) is 15.5 Å². The third kappa shape index (κ3) is 3.36. The van der Waals surface area contributed by atoms with Gasteiger partial charge in [0.25, 0.3) is 9.05 Å². The van der Waals surface area contributed by atoms with E-state index in [4.69, 9.17) is 32.3 Å². The minimum absolute atomic E-state index is 0.0631. The molecule has 0 saturated heterocycles. The predicted octanol–water partition coefficient (Wildman–Crippen LogP) is 4.55. The van der Waals surface area contributed by atoms with Crippen molar-refractivity contribution in [1.82, 2.24) is 0 Å². The molecule has 114 valence electrons. The second kappa shape index (κ2) is 6.17. The van der Waals surface area contributed by atoms with Crippen molar-refractivity contribution in [2.45, 2.75) is 18.7 Å². The quantitative estimate of drug-likeness (QED) is 0.757. The highest BCUT2D eigenvalue weighted by Crippen LogP contribution is 2.33. The number of benzene rings is 2. The fourth-order valence-corrected chi connectivity index (χ4v) is 4.00. The van der Waals surface area contributed by atoms with E-state index >= 15 is 0 Å². The fourth-order valence-electron chi connectivity index (χ4n) is 2.18. The molecule has 0 N–H and O–H groups in total. The van der Waals surface area contributed by atoms with Gasteiger partial charge in [-0.05, 0) is 49.2 Å². The molecule has 0 radical (unpaired) electrons. The molecule has 0 aromatic heterocycles. The van der Waals surface area contributed by atoms with Crippen LogP contribution in [0.1, 0.15) is 16.7 Å². The Bertz CT molecular complexity index is 863. The summed E-state index contributed by atoms with van der Waals surface area (Å²) in [6.45, 7) is 3.25. The summed E-state index contributed by atoms with van der Waals surface area (Å²) in [6.07, 6.45) is 0. The molecule has 0 bridgehead atoms. The lowest BCUT2D eigenvalue weighted by atomic mass is 10.1. The summed E-state index contributed by atoms with van der Waals surface area (Å²) in [5.74, 6) is 0.702. The van der Waals surface area contributed by atoms with Crippen LogP contribution in [0.4, 0.5) is 0 Å². The van der Waals surface area contributed by atoms with E-state index < -0.39 is 9.05 Å². The van der Waals surface area contributed by atoms with Crippen molar-refractivity contribution in [1.29, 1.82) is 5.26 Å². The van der Waals surface area contributed by atoms with Crippen molar-refractivity contribution in [2.75, 3.05) is 0 Å². The molecule has 0 spiro atoms. The first-order chi connectivity index (χ1) is 10.2. The molecular weight excluding hydrogens is 345 g/mol. The lowest BCUT2D eigenvalue weighted by Gasteiger charge is -2.12. The molecule has 0 unspecified atom stereocenters. The molecule has 2 aromatic rings. The number of nitrogens with zero attached hydrogens (tertiary/aromatic N) is 1. The Kier molecular flexibility index (Phi) is 4.66. The topological polar surface area (TPSA) is 67.2 Å². The SMILES string of the molecule is Cc1cc(Oc2cccc(Cl)c2C#N)cc(C)c1S(=O)(=O)Cl. The van der Waals surface area contributed by atoms with Gasteiger partial charge in [0.05, 0.1) is 9.92 Å². The monoisotopic (exact) mass is 355 g/mol. The lowest BCUT2D eigenvalue weighted by molar-refractivity contribution is 0.479. The second-order valence-electron chi connectivity index (χ2n) is 4.65. The van der Waals surface area contributed by atoms with Crippen LogP contribution in [0.15, 0.2) is 35.2 Å². The highest BCUT2D eigenvalue weighted by molar-refractivity contribution is 8.13. The van der Waals surface area contributed by atoms with Gasteiger partial charge >= 0.3 is 0 Å². The first-order valence-electron chi connectivity index (χ1n) is 6.16. The summed E-state index contributed by atoms with van der Waals surface area (Å²) in [4.78, 5) is 0.0631. The summed E-state index contributed by atoms with van der Waals surface area (Å²) in [7, 11) is 1.59. The summed E-state index contributed by atoms with van der Waals surface area (Å²) in [5.41, 5.74) is 1.14. The van der Waals surface area contributed by atoms with Gasteiger partial charge in [0.2, 0.25) is 0 Å². The van der Waals surface area contributed by atoms with Gasteiger partial charge in [0.1, 0.15) is 23.1 Å². The fraction of sp³-hybridized carbons (Fsp3) is 0.133. The van der Waals surface area contributed by atoms with E-state index in [1.807, 2.05) is 6.07 Å². The van der Waals surface area contributed by atoms with Crippen molar-refractivity contribution >= 4 is 31.3 Å². The average molecular weight is 356 g/mol. The molecule has 22 heavy (non-hydrogen) atoms. The van der Waals surface area contributed by atoms with Crippen LogP contribution >= 0.6 is 22.3 Å². The van der Waals surface area contributed by atoms with E-state index in [2.05, 4.69) is 0 Å². The van der Waals surface area contributed by atoms with Crippen LogP contribution in [-0.2, 0) is 9.05 Å². The lowest BCUT2D eigenvalue weighted by Crippen LogP contribution is -1.99. The maximum absolute atomic E-state index is 11.6. The van der Waals surface area contributed by atoms with Gasteiger partial charge in [-0.1, -0.05) is 17.7 Å². The van der Waals surface area contributed by atoms with Crippen molar-refractivity contribution < 1.29 is 13.2 Å². The third-order valence-corrected chi connectivity index (χ3v) is 4.90. The van der Waals surface area contributed by atoms with Gasteiger partial charge < -0.3 is 4.74 Å². The highest BCUT2D eigenvalue weighted by atomic mass is 35.7. The maximum Gasteiger partial charge on any atom is 0.261 e. The van der Waals surface area contributed by atoms with Gasteiger partial charge in [0, 0.05) is 10.7 Å². The molecule has 4 nitrogen and oxygen atoms in total. The van der Waals surface area contributed by atoms with Crippen molar-refractivity contribution in [3.63, 3.8) is 0 Å². The Morgan fingerprint density at radius 3 is 2.27 bits per heavy atom. The van der Waals surface area contributed by atoms with Gasteiger partial charge in [-0.2, -0.15) is 5.26 Å². The Morgan fingerprint density at radius 1 is 1.18 bits per heavy atom. The zero-order valence-corrected chi connectivity index (χ0v) is 14.1. The van der Waals surface area contributed by atoms with Crippen LogP contribution in [0.3, 0.4) is 0 Å². The molecule has 0 heterocycles. The summed E-state index contributed by atoms with van der Waals surface area (Å²) in [6, 6.07) is 9.93. The molecule has 2 rings (SSSR count). The third-order valence-electron chi connectivity index (χ3n) is 2.99. The van der Waals surface area contributed by atoms with E-state index in [0.29, 0.717) is 22.6 Å². The van der Waals surface area contributed by atoms with E-state index in [0.717, 1.165) is 0 Å². The number of aryl methyl sites for hydroxylation is 2. The van der Waals surface area contributed by atoms with Gasteiger partial charge in [-0.3, -0.25) is 0 Å². The van der Waals surface area contributed by atoms with Crippen molar-refractivity contribution in [3.05, 3.63) is 52.0 Å². The number of ether oxygens (including phenoxy) is 1. The van der Waals surface area contributed by atoms with E-state index in [1.165, 1.54) is 0 Å². The molecule has 2 aromatic carbocycles. The molecular formula is C15H11Cl2NO3S. The Labute approximate surface area is 138 Å². The molecule has 0 amide bonds. The van der Waals surface area contributed by atoms with Crippen LogP contribution in [-0.4, -0.2) is 8.42 Å². The Balaban J connectivity index is 2.50. The number of hydrogen-bond acceptors (Lipinski definition) is 4. The number of nitriles is 1. The molecule has 0 aliphatic carbocycles. The second-order valence-corrected chi connectivity index (χ2v) is 7.56. The first kappa shape index (κ1) is 16.6. The normalized spacial score (nSPS) is 11.0. The molecule has 0 atom stereocenters. The minimum Gasteiger partial charge on any atom is -0.456 e. The van der Waals surface area contributed by atoms with Gasteiger partial charge in [0.15, 0.2) is 0 Å². The van der Waals surface area contributed by atoms with E-state index in [1.54, 1.807) is 44.2 Å². The molecule has 0 aliphatic heterocycles. The van der Waals surface area contributed by atoms with Crippen LogP contribution in [0.5, 0.6) is 11.5 Å². The van der Waals surface area contributed by atoms with Crippen LogP contribution in [0.25, 0.3) is 0 Å². The van der Waals surface area contributed by atoms with Crippen LogP contribution < -0.4 is 4.74 Å². The minimum atomic E-state index is -3.83. The first-order valence-corrected chi connectivity index (χ1v) is 8.85. The molecule has 0 aliphatic rings. The maximum atomic E-state index is 11.6. The predicted molar refractivity (Wildman–Crippen MR) is 85.2 cm³/mol. The Morgan fingerprint density at radius 2 is 1.77 bits per heavy atom. The number of rotatable bonds is 3. The standard InChI is InChI=1S/C15H11Cl2NO3S/c1-9-6-11(7-10(2)15(9)22(17,19)20)21-14-5-3-4-13(16)12(14)8-18/h3-7H,1-2H3. The van der Waals surface area contributed by atoms with Crippen LogP contribution in [0, 0.1) is 25.2 Å². The zero-order valence-electron chi connectivity index (χ0n) is 11.7. The largest absolute Gasteiger partial charge is 0.456 e. The molecule has 7 heteroatoms. The average Bonchev–Trinajstić information content (AvgIpc) is 2.36. The summed E-state index contributed by atoms with van der Waals surface area (Å²) in [5, 5.41) is 9.41. The smallest absolute Gasteiger partial charge is 0.261 e. The van der Waals surface area contributed by atoms with Gasteiger partial charge in [-0.15, -0.1) is 0 Å². The highest BCUT2D eigenvalue weighted by Gasteiger charge is 2.18. The zero-order chi connectivity index (χ0) is 16.5. The Hall–Kier alpha value is -1.74. The molecule has 0 saturated carbocycles.